The molecule has 210 valence electrons. The highest BCUT2D eigenvalue weighted by Crippen LogP contribution is 2.32. The molecule has 0 bridgehead atoms. The van der Waals surface area contributed by atoms with Gasteiger partial charge in [0.1, 0.15) is 11.4 Å². The Morgan fingerprint density at radius 2 is 1.74 bits per heavy atom. The molecule has 1 aromatic carbocycles. The Labute approximate surface area is 228 Å². The van der Waals surface area contributed by atoms with Gasteiger partial charge in [-0.2, -0.15) is 0 Å². The average Bonchev–Trinajstić information content (AvgIpc) is 2.88. The van der Waals surface area contributed by atoms with Crippen molar-refractivity contribution in [1.29, 1.82) is 0 Å². The van der Waals surface area contributed by atoms with Gasteiger partial charge < -0.3 is 18.9 Å². The number of pyridine rings is 1. The lowest BCUT2D eigenvalue weighted by molar-refractivity contribution is -0.149. The van der Waals surface area contributed by atoms with Gasteiger partial charge in [0, 0.05) is 31.5 Å². The highest BCUT2D eigenvalue weighted by Gasteiger charge is 2.24. The molecule has 3 rings (SSSR count). The van der Waals surface area contributed by atoms with Gasteiger partial charge >= 0.3 is 5.97 Å². The molecule has 1 aliphatic heterocycles. The van der Waals surface area contributed by atoms with Crippen LogP contribution in [0.5, 0.6) is 5.75 Å². The molecule has 38 heavy (non-hydrogen) atoms. The molecule has 7 heteroatoms. The third kappa shape index (κ3) is 9.07. The fourth-order valence-electron chi connectivity index (χ4n) is 4.92. The summed E-state index contributed by atoms with van der Waals surface area (Å²) in [6.07, 6.45) is 6.09. The molecule has 0 spiro atoms. The number of likely N-dealkylation sites (tertiary alicyclic amines) is 1. The minimum Gasteiger partial charge on any atom is -0.493 e. The summed E-state index contributed by atoms with van der Waals surface area (Å²) >= 11 is 0. The van der Waals surface area contributed by atoms with Crippen molar-refractivity contribution < 1.29 is 23.7 Å². The minimum atomic E-state index is -0.585. The zero-order valence-corrected chi connectivity index (χ0v) is 24.1. The van der Waals surface area contributed by atoms with E-state index in [1.54, 1.807) is 6.20 Å². The van der Waals surface area contributed by atoms with Gasteiger partial charge in [0.25, 0.3) is 0 Å². The second kappa shape index (κ2) is 14.6. The van der Waals surface area contributed by atoms with Crippen molar-refractivity contribution in [2.75, 3.05) is 39.5 Å². The van der Waals surface area contributed by atoms with Crippen LogP contribution in [0.25, 0.3) is 11.1 Å². The van der Waals surface area contributed by atoms with E-state index in [0.29, 0.717) is 25.5 Å². The first-order valence-corrected chi connectivity index (χ1v) is 14.1. The molecule has 0 radical (unpaired) electrons. The maximum Gasteiger partial charge on any atom is 0.358 e. The van der Waals surface area contributed by atoms with E-state index in [9.17, 15) is 4.79 Å². The van der Waals surface area contributed by atoms with Crippen LogP contribution in [-0.2, 0) is 14.2 Å². The van der Waals surface area contributed by atoms with Crippen molar-refractivity contribution in [1.82, 2.24) is 9.88 Å². The summed E-state index contributed by atoms with van der Waals surface area (Å²) in [6, 6.07) is 9.72. The monoisotopic (exact) mass is 526 g/mol. The van der Waals surface area contributed by atoms with Crippen molar-refractivity contribution >= 4 is 5.97 Å². The van der Waals surface area contributed by atoms with Crippen molar-refractivity contribution in [3.63, 3.8) is 0 Å². The summed E-state index contributed by atoms with van der Waals surface area (Å²) in [4.78, 5) is 19.6. The third-order valence-electron chi connectivity index (χ3n) is 6.81. The van der Waals surface area contributed by atoms with E-state index >= 15 is 0 Å². The van der Waals surface area contributed by atoms with E-state index in [-0.39, 0.29) is 6.29 Å². The molecule has 2 aromatic rings. The summed E-state index contributed by atoms with van der Waals surface area (Å²) in [5, 5.41) is 0. The summed E-state index contributed by atoms with van der Waals surface area (Å²) in [6.45, 7) is 16.7. The highest BCUT2D eigenvalue weighted by molar-refractivity contribution is 5.96. The van der Waals surface area contributed by atoms with E-state index in [1.807, 2.05) is 71.9 Å². The lowest BCUT2D eigenvalue weighted by Gasteiger charge is -2.34. The van der Waals surface area contributed by atoms with Gasteiger partial charge in [-0.05, 0) is 109 Å². The van der Waals surface area contributed by atoms with Crippen LogP contribution in [0.2, 0.25) is 0 Å². The van der Waals surface area contributed by atoms with Crippen molar-refractivity contribution in [3.8, 4) is 16.9 Å². The van der Waals surface area contributed by atoms with Crippen LogP contribution >= 0.6 is 0 Å². The number of benzene rings is 1. The smallest absolute Gasteiger partial charge is 0.358 e. The van der Waals surface area contributed by atoms with E-state index in [0.717, 1.165) is 54.4 Å². The van der Waals surface area contributed by atoms with Gasteiger partial charge in [-0.15, -0.1) is 0 Å². The molecule has 1 aromatic heterocycles. The molecular formula is C31H46N2O5. The predicted molar refractivity (Wildman–Crippen MR) is 151 cm³/mol. The Balaban J connectivity index is 1.51. The average molecular weight is 527 g/mol. The Kier molecular flexibility index (Phi) is 11.6. The fraction of sp³-hybridized carbons (Fsp3) is 0.613. The first-order chi connectivity index (χ1) is 18.2. The number of aromatic nitrogens is 1. The molecule has 1 fully saturated rings. The zero-order valence-electron chi connectivity index (χ0n) is 24.1. The molecule has 1 aliphatic rings. The van der Waals surface area contributed by atoms with Crippen molar-refractivity contribution in [3.05, 3.63) is 47.8 Å². The lowest BCUT2D eigenvalue weighted by Crippen LogP contribution is -2.40. The highest BCUT2D eigenvalue weighted by atomic mass is 16.7. The summed E-state index contributed by atoms with van der Waals surface area (Å²) < 4.78 is 23.2. The van der Waals surface area contributed by atoms with Crippen LogP contribution < -0.4 is 4.74 Å². The van der Waals surface area contributed by atoms with Crippen LogP contribution in [0.3, 0.4) is 0 Å². The van der Waals surface area contributed by atoms with E-state index in [1.165, 1.54) is 19.3 Å². The Bertz CT molecular complexity index is 1010. The molecule has 0 amide bonds. The molecule has 0 N–H and O–H groups in total. The second-order valence-corrected chi connectivity index (χ2v) is 10.9. The second-order valence-electron chi connectivity index (χ2n) is 10.9. The van der Waals surface area contributed by atoms with Gasteiger partial charge in [-0.25, -0.2) is 9.78 Å². The topological polar surface area (TPSA) is 70.1 Å². The van der Waals surface area contributed by atoms with Crippen LogP contribution in [0.15, 0.2) is 36.5 Å². The van der Waals surface area contributed by atoms with E-state index in [2.05, 4.69) is 9.88 Å². The Morgan fingerprint density at radius 3 is 2.39 bits per heavy atom. The zero-order chi connectivity index (χ0) is 27.5. The van der Waals surface area contributed by atoms with Crippen LogP contribution in [0, 0.1) is 12.8 Å². The standard InChI is InChI=1S/C31H46N2O5/c1-7-35-28(36-8-2)22-33-19-16-24(17-20-33)12-11-21-37-27-15-9-13-25(23(27)3)26-14-10-18-32-29(26)30(34)38-31(4,5)6/h9-10,13-15,18,24,28H,7-8,11-12,16-17,19-22H2,1-6H3. The number of carbonyl (C=O) groups is 1. The molecule has 7 nitrogen and oxygen atoms in total. The maximum absolute atomic E-state index is 12.8. The normalized spacial score (nSPS) is 15.1. The van der Waals surface area contributed by atoms with Gasteiger partial charge in [-0.1, -0.05) is 18.2 Å². The van der Waals surface area contributed by atoms with Crippen molar-refractivity contribution in [2.45, 2.75) is 79.1 Å². The summed E-state index contributed by atoms with van der Waals surface area (Å²) in [5.74, 6) is 1.15. The lowest BCUT2D eigenvalue weighted by atomic mass is 9.92. The molecule has 0 atom stereocenters. The quantitative estimate of drug-likeness (QED) is 0.173. The first-order valence-electron chi connectivity index (χ1n) is 14.1. The molecule has 1 saturated heterocycles. The summed E-state index contributed by atoms with van der Waals surface area (Å²) in [5.41, 5.74) is 2.42. The molecule has 0 aliphatic carbocycles. The van der Waals surface area contributed by atoms with Gasteiger partial charge in [-0.3, -0.25) is 4.90 Å². The Morgan fingerprint density at radius 1 is 1.05 bits per heavy atom. The first kappa shape index (κ1) is 30.1. The third-order valence-corrected chi connectivity index (χ3v) is 6.81. The van der Waals surface area contributed by atoms with Gasteiger partial charge in [0.05, 0.1) is 6.61 Å². The number of nitrogens with zero attached hydrogens (tertiary/aromatic N) is 2. The van der Waals surface area contributed by atoms with Crippen LogP contribution in [0.1, 0.15) is 76.4 Å². The van der Waals surface area contributed by atoms with E-state index in [4.69, 9.17) is 18.9 Å². The molecule has 2 heterocycles. The van der Waals surface area contributed by atoms with E-state index < -0.39 is 11.6 Å². The molecular weight excluding hydrogens is 480 g/mol. The number of hydrogen-bond donors (Lipinski definition) is 0. The molecule has 0 saturated carbocycles. The number of hydrogen-bond acceptors (Lipinski definition) is 7. The number of carbonyl (C=O) groups excluding carboxylic acids is 1. The number of piperidine rings is 1. The number of esters is 1. The predicted octanol–water partition coefficient (Wildman–Crippen LogP) is 6.28. The minimum absolute atomic E-state index is 0.124. The van der Waals surface area contributed by atoms with Crippen LogP contribution in [0.4, 0.5) is 0 Å². The van der Waals surface area contributed by atoms with Gasteiger partial charge in [0.2, 0.25) is 0 Å². The number of rotatable bonds is 13. The fourth-order valence-corrected chi connectivity index (χ4v) is 4.92. The SMILES string of the molecule is CCOC(CN1CCC(CCCOc2cccc(-c3cccnc3C(=O)OC(C)(C)C)c2C)CC1)OCC. The van der Waals surface area contributed by atoms with Gasteiger partial charge in [0.15, 0.2) is 12.0 Å². The largest absolute Gasteiger partial charge is 0.493 e. The molecule has 0 unspecified atom stereocenters. The van der Waals surface area contributed by atoms with Crippen LogP contribution in [-0.4, -0.2) is 67.2 Å². The number of ether oxygens (including phenoxy) is 4. The maximum atomic E-state index is 12.8. The summed E-state index contributed by atoms with van der Waals surface area (Å²) in [7, 11) is 0. The Hall–Kier alpha value is -2.48. The van der Waals surface area contributed by atoms with Crippen molar-refractivity contribution in [2.24, 2.45) is 5.92 Å².